The molecule has 0 saturated carbocycles. The Balaban J connectivity index is 2.07. The van der Waals surface area contributed by atoms with E-state index < -0.39 is 7.12 Å². The molecule has 1 aromatic heterocycles. The van der Waals surface area contributed by atoms with Crippen LogP contribution in [0.5, 0.6) is 0 Å². The van der Waals surface area contributed by atoms with E-state index in [1.165, 1.54) is 11.8 Å². The van der Waals surface area contributed by atoms with Crippen LogP contribution < -0.4 is 5.46 Å². The fourth-order valence-electron chi connectivity index (χ4n) is 1.75. The number of aryl methyl sites for hydroxylation is 2. The summed E-state index contributed by atoms with van der Waals surface area (Å²) >= 11 is 1.54. The number of rotatable bonds is 4. The topological polar surface area (TPSA) is 66.2 Å². The highest BCUT2D eigenvalue weighted by molar-refractivity contribution is 7.98. The quantitative estimate of drug-likeness (QED) is 0.496. The van der Waals surface area contributed by atoms with Gasteiger partial charge in [0.1, 0.15) is 0 Å². The SMILES string of the molecule is Cc1cc(C)nc(SCc2cccc(B(O)O)c2)n1. The van der Waals surface area contributed by atoms with Gasteiger partial charge in [-0.25, -0.2) is 9.97 Å². The summed E-state index contributed by atoms with van der Waals surface area (Å²) in [4.78, 5) is 8.72. The van der Waals surface area contributed by atoms with Crippen molar-refractivity contribution < 1.29 is 10.0 Å². The van der Waals surface area contributed by atoms with Crippen molar-refractivity contribution in [2.24, 2.45) is 0 Å². The maximum absolute atomic E-state index is 9.13. The zero-order chi connectivity index (χ0) is 13.8. The van der Waals surface area contributed by atoms with E-state index in [-0.39, 0.29) is 0 Å². The van der Waals surface area contributed by atoms with Gasteiger partial charge < -0.3 is 10.0 Å². The molecule has 19 heavy (non-hydrogen) atoms. The Bertz CT molecular complexity index is 558. The van der Waals surface area contributed by atoms with Crippen LogP contribution in [0, 0.1) is 13.8 Å². The van der Waals surface area contributed by atoms with Crippen LogP contribution in [0.15, 0.2) is 35.5 Å². The standard InChI is InChI=1S/C13H15BN2O2S/c1-9-6-10(2)16-13(15-9)19-8-11-4-3-5-12(7-11)14(17)18/h3-7,17-18H,8H2,1-2H3. The highest BCUT2D eigenvalue weighted by Crippen LogP contribution is 2.19. The second kappa shape index (κ2) is 6.19. The lowest BCUT2D eigenvalue weighted by molar-refractivity contribution is 0.425. The lowest BCUT2D eigenvalue weighted by Gasteiger charge is -2.05. The molecule has 2 rings (SSSR count). The lowest BCUT2D eigenvalue weighted by atomic mass is 9.80. The van der Waals surface area contributed by atoms with Gasteiger partial charge in [-0.2, -0.15) is 0 Å². The van der Waals surface area contributed by atoms with E-state index in [2.05, 4.69) is 9.97 Å². The predicted octanol–water partition coefficient (Wildman–Crippen LogP) is 1.07. The van der Waals surface area contributed by atoms with Crippen molar-refractivity contribution in [3.05, 3.63) is 47.3 Å². The predicted molar refractivity (Wildman–Crippen MR) is 77.3 cm³/mol. The van der Waals surface area contributed by atoms with Gasteiger partial charge in [-0.05, 0) is 30.9 Å². The van der Waals surface area contributed by atoms with Crippen molar-refractivity contribution in [2.75, 3.05) is 0 Å². The Hall–Kier alpha value is -1.37. The molecule has 6 heteroatoms. The van der Waals surface area contributed by atoms with Crippen molar-refractivity contribution in [2.45, 2.75) is 24.8 Å². The van der Waals surface area contributed by atoms with Gasteiger partial charge in [-0.3, -0.25) is 0 Å². The van der Waals surface area contributed by atoms with Crippen LogP contribution in [0.4, 0.5) is 0 Å². The normalized spacial score (nSPS) is 10.5. The molecular weight excluding hydrogens is 259 g/mol. The molecule has 0 atom stereocenters. The van der Waals surface area contributed by atoms with Gasteiger partial charge in [0, 0.05) is 17.1 Å². The fraction of sp³-hybridized carbons (Fsp3) is 0.231. The van der Waals surface area contributed by atoms with Crippen LogP contribution in [0.1, 0.15) is 17.0 Å². The smallest absolute Gasteiger partial charge is 0.423 e. The van der Waals surface area contributed by atoms with E-state index in [1.807, 2.05) is 32.0 Å². The second-order valence-corrected chi connectivity index (χ2v) is 5.28. The highest BCUT2D eigenvalue weighted by Gasteiger charge is 2.11. The maximum atomic E-state index is 9.13. The van der Waals surface area contributed by atoms with Crippen LogP contribution in [-0.2, 0) is 5.75 Å². The summed E-state index contributed by atoms with van der Waals surface area (Å²) in [7, 11) is -1.43. The Morgan fingerprint density at radius 2 is 1.79 bits per heavy atom. The zero-order valence-corrected chi connectivity index (χ0v) is 11.7. The third kappa shape index (κ3) is 4.06. The molecule has 0 radical (unpaired) electrons. The van der Waals surface area contributed by atoms with Gasteiger partial charge in [-0.1, -0.05) is 36.0 Å². The van der Waals surface area contributed by atoms with Crippen LogP contribution in [0.2, 0.25) is 0 Å². The first-order chi connectivity index (χ1) is 9.04. The van der Waals surface area contributed by atoms with E-state index in [0.29, 0.717) is 11.2 Å². The van der Waals surface area contributed by atoms with Crippen molar-refractivity contribution in [3.63, 3.8) is 0 Å². The van der Waals surface area contributed by atoms with Gasteiger partial charge in [0.15, 0.2) is 5.16 Å². The van der Waals surface area contributed by atoms with Gasteiger partial charge in [0.05, 0.1) is 0 Å². The molecule has 0 amide bonds. The first-order valence-corrected chi connectivity index (χ1v) is 6.93. The largest absolute Gasteiger partial charge is 0.488 e. The first kappa shape index (κ1) is 14.1. The number of hydrogen-bond donors (Lipinski definition) is 2. The summed E-state index contributed by atoms with van der Waals surface area (Å²) in [6.07, 6.45) is 0. The summed E-state index contributed by atoms with van der Waals surface area (Å²) in [5, 5.41) is 19.0. The molecule has 1 aromatic carbocycles. The fourth-order valence-corrected chi connectivity index (χ4v) is 2.64. The van der Waals surface area contributed by atoms with E-state index in [9.17, 15) is 0 Å². The summed E-state index contributed by atoms with van der Waals surface area (Å²) in [6.45, 7) is 3.89. The number of benzene rings is 1. The van der Waals surface area contributed by atoms with Crippen LogP contribution in [0.25, 0.3) is 0 Å². The molecular formula is C13H15BN2O2S. The molecule has 4 nitrogen and oxygen atoms in total. The number of hydrogen-bond acceptors (Lipinski definition) is 5. The van der Waals surface area contributed by atoms with E-state index >= 15 is 0 Å². The number of nitrogens with zero attached hydrogens (tertiary/aromatic N) is 2. The lowest BCUT2D eigenvalue weighted by Crippen LogP contribution is -2.29. The summed E-state index contributed by atoms with van der Waals surface area (Å²) in [5.41, 5.74) is 3.42. The monoisotopic (exact) mass is 274 g/mol. The molecule has 2 aromatic rings. The van der Waals surface area contributed by atoms with Gasteiger partial charge in [0.2, 0.25) is 0 Å². The summed E-state index contributed by atoms with van der Waals surface area (Å²) < 4.78 is 0. The average molecular weight is 274 g/mol. The Morgan fingerprint density at radius 3 is 2.42 bits per heavy atom. The molecule has 0 aliphatic heterocycles. The van der Waals surface area contributed by atoms with Crippen molar-refractivity contribution in [1.82, 2.24) is 9.97 Å². The van der Waals surface area contributed by atoms with Crippen molar-refractivity contribution >= 4 is 24.3 Å². The van der Waals surface area contributed by atoms with E-state index in [4.69, 9.17) is 10.0 Å². The molecule has 0 bridgehead atoms. The van der Waals surface area contributed by atoms with Crippen LogP contribution in [-0.4, -0.2) is 27.1 Å². The highest BCUT2D eigenvalue weighted by atomic mass is 32.2. The zero-order valence-electron chi connectivity index (χ0n) is 10.9. The molecule has 1 heterocycles. The minimum atomic E-state index is -1.43. The number of aromatic nitrogens is 2. The molecule has 0 aliphatic carbocycles. The van der Waals surface area contributed by atoms with Crippen LogP contribution in [0.3, 0.4) is 0 Å². The van der Waals surface area contributed by atoms with E-state index in [0.717, 1.165) is 22.1 Å². The minimum Gasteiger partial charge on any atom is -0.423 e. The third-order valence-corrected chi connectivity index (χ3v) is 3.50. The molecule has 98 valence electrons. The first-order valence-electron chi connectivity index (χ1n) is 5.94. The second-order valence-electron chi connectivity index (χ2n) is 4.34. The third-order valence-electron chi connectivity index (χ3n) is 2.58. The molecule has 0 aliphatic rings. The van der Waals surface area contributed by atoms with Crippen molar-refractivity contribution in [3.8, 4) is 0 Å². The average Bonchev–Trinajstić information content (AvgIpc) is 2.35. The molecule has 0 spiro atoms. The van der Waals surface area contributed by atoms with Gasteiger partial charge in [0.25, 0.3) is 0 Å². The minimum absolute atomic E-state index is 0.499. The molecule has 0 fully saturated rings. The number of thioether (sulfide) groups is 1. The van der Waals surface area contributed by atoms with Crippen molar-refractivity contribution in [1.29, 1.82) is 0 Å². The van der Waals surface area contributed by atoms with Gasteiger partial charge >= 0.3 is 7.12 Å². The van der Waals surface area contributed by atoms with Crippen LogP contribution >= 0.6 is 11.8 Å². The Labute approximate surface area is 117 Å². The van der Waals surface area contributed by atoms with E-state index in [1.54, 1.807) is 12.1 Å². The molecule has 0 saturated heterocycles. The van der Waals surface area contributed by atoms with Gasteiger partial charge in [-0.15, -0.1) is 0 Å². The summed E-state index contributed by atoms with van der Waals surface area (Å²) in [6, 6.07) is 9.16. The maximum Gasteiger partial charge on any atom is 0.488 e. The Morgan fingerprint density at radius 1 is 1.11 bits per heavy atom. The molecule has 0 unspecified atom stereocenters. The summed E-state index contributed by atoms with van der Waals surface area (Å²) in [5.74, 6) is 0.698. The molecule has 2 N–H and O–H groups in total. The Kier molecular flexibility index (Phi) is 4.58.